The topological polar surface area (TPSA) is 54.8 Å². The number of ketones is 1. The molecule has 0 bridgehead atoms. The number of amides is 1. The van der Waals surface area contributed by atoms with E-state index in [2.05, 4.69) is 33.9 Å². The highest BCUT2D eigenvalue weighted by Crippen LogP contribution is 2.20. The lowest BCUT2D eigenvalue weighted by molar-refractivity contribution is -0.142. The van der Waals surface area contributed by atoms with E-state index < -0.39 is 0 Å². The maximum atomic E-state index is 13.0. The van der Waals surface area contributed by atoms with Crippen LogP contribution in [0.4, 0.5) is 0 Å². The number of ether oxygens (including phenoxy) is 1. The van der Waals surface area contributed by atoms with Gasteiger partial charge in [-0.15, -0.1) is 11.3 Å². The van der Waals surface area contributed by atoms with Crippen molar-refractivity contribution < 1.29 is 14.3 Å². The third-order valence-electron chi connectivity index (χ3n) is 6.29. The molecule has 1 atom stereocenters. The van der Waals surface area contributed by atoms with Crippen LogP contribution >= 0.6 is 11.3 Å². The minimum absolute atomic E-state index is 0.118. The van der Waals surface area contributed by atoms with Crippen LogP contribution in [0.5, 0.6) is 0 Å². The Labute approximate surface area is 182 Å². The molecule has 2 aliphatic rings. The van der Waals surface area contributed by atoms with Gasteiger partial charge >= 0.3 is 0 Å². The van der Waals surface area contributed by atoms with Gasteiger partial charge in [-0.3, -0.25) is 14.5 Å². The molecule has 7 heteroatoms. The predicted octanol–water partition coefficient (Wildman–Crippen LogP) is 2.92. The van der Waals surface area contributed by atoms with E-state index in [1.165, 1.54) is 4.88 Å². The maximum absolute atomic E-state index is 13.0. The van der Waals surface area contributed by atoms with Crippen LogP contribution in [0, 0.1) is 13.8 Å². The fourth-order valence-electron chi connectivity index (χ4n) is 4.50. The molecule has 4 heterocycles. The van der Waals surface area contributed by atoms with E-state index in [0.717, 1.165) is 55.8 Å². The lowest BCUT2D eigenvalue weighted by Crippen LogP contribution is -2.52. The van der Waals surface area contributed by atoms with Crippen molar-refractivity contribution in [2.75, 3.05) is 39.3 Å². The highest BCUT2D eigenvalue weighted by atomic mass is 32.1. The lowest BCUT2D eigenvalue weighted by atomic mass is 10.1. The third-order valence-corrected chi connectivity index (χ3v) is 7.23. The fourth-order valence-corrected chi connectivity index (χ4v) is 5.19. The summed E-state index contributed by atoms with van der Waals surface area (Å²) in [6.45, 7) is 8.95. The fraction of sp³-hybridized carbons (Fsp3) is 0.565. The molecule has 30 heavy (non-hydrogen) atoms. The number of piperazine rings is 1. The molecule has 4 rings (SSSR count). The quantitative estimate of drug-likeness (QED) is 0.635. The molecule has 162 valence electrons. The molecule has 2 aliphatic heterocycles. The molecule has 0 N–H and O–H groups in total. The molecule has 0 aliphatic carbocycles. The molecular formula is C23H31N3O3S. The van der Waals surface area contributed by atoms with E-state index in [1.54, 1.807) is 11.3 Å². The Morgan fingerprint density at radius 2 is 2.00 bits per heavy atom. The third kappa shape index (κ3) is 4.68. The number of Topliss-reactive ketones (excluding diaryl/α,β-unsaturated/α-hetero) is 1. The first-order valence-electron chi connectivity index (χ1n) is 10.9. The molecular weight excluding hydrogens is 398 g/mol. The van der Waals surface area contributed by atoms with Gasteiger partial charge in [0.2, 0.25) is 0 Å². The predicted molar refractivity (Wildman–Crippen MR) is 118 cm³/mol. The van der Waals surface area contributed by atoms with Crippen LogP contribution in [-0.2, 0) is 22.5 Å². The van der Waals surface area contributed by atoms with E-state index in [4.69, 9.17) is 4.74 Å². The summed E-state index contributed by atoms with van der Waals surface area (Å²) < 4.78 is 7.78. The summed E-state index contributed by atoms with van der Waals surface area (Å²) in [7, 11) is 0. The SMILES string of the molecule is Cc1cc(C(=O)CN2CCN(C(=O)C3CCCO3)CC2)c(C)n1CCc1cccs1. The van der Waals surface area contributed by atoms with E-state index in [0.29, 0.717) is 26.2 Å². The molecule has 2 fully saturated rings. The monoisotopic (exact) mass is 429 g/mol. The molecule has 0 spiro atoms. The van der Waals surface area contributed by atoms with Gasteiger partial charge in [-0.2, -0.15) is 0 Å². The van der Waals surface area contributed by atoms with Crippen molar-refractivity contribution in [3.8, 4) is 0 Å². The van der Waals surface area contributed by atoms with Crippen LogP contribution in [-0.4, -0.2) is 71.5 Å². The second kappa shape index (κ2) is 9.45. The van der Waals surface area contributed by atoms with Gasteiger partial charge in [-0.05, 0) is 50.6 Å². The minimum Gasteiger partial charge on any atom is -0.368 e. The Morgan fingerprint density at radius 3 is 2.67 bits per heavy atom. The van der Waals surface area contributed by atoms with Crippen molar-refractivity contribution >= 4 is 23.0 Å². The second-order valence-electron chi connectivity index (χ2n) is 8.29. The molecule has 1 unspecified atom stereocenters. The smallest absolute Gasteiger partial charge is 0.251 e. The van der Waals surface area contributed by atoms with Crippen molar-refractivity contribution in [2.45, 2.75) is 45.8 Å². The summed E-state index contributed by atoms with van der Waals surface area (Å²) in [6, 6.07) is 6.27. The summed E-state index contributed by atoms with van der Waals surface area (Å²) in [6.07, 6.45) is 2.54. The van der Waals surface area contributed by atoms with Crippen LogP contribution < -0.4 is 0 Å². The van der Waals surface area contributed by atoms with Gasteiger partial charge in [0.1, 0.15) is 6.10 Å². The molecule has 2 aromatic heterocycles. The van der Waals surface area contributed by atoms with Gasteiger partial charge in [0.15, 0.2) is 5.78 Å². The largest absolute Gasteiger partial charge is 0.368 e. The summed E-state index contributed by atoms with van der Waals surface area (Å²) in [5.41, 5.74) is 3.03. The van der Waals surface area contributed by atoms with Crippen LogP contribution in [0.3, 0.4) is 0 Å². The van der Waals surface area contributed by atoms with Gasteiger partial charge in [0.05, 0.1) is 6.54 Å². The van der Waals surface area contributed by atoms with Gasteiger partial charge in [0.25, 0.3) is 5.91 Å². The van der Waals surface area contributed by atoms with E-state index in [9.17, 15) is 9.59 Å². The van der Waals surface area contributed by atoms with E-state index in [1.807, 2.05) is 17.9 Å². The number of rotatable bonds is 7. The average Bonchev–Trinajstić information content (AvgIpc) is 3.49. The first kappa shape index (κ1) is 21.3. The summed E-state index contributed by atoms with van der Waals surface area (Å²) in [4.78, 5) is 30.9. The first-order valence-corrected chi connectivity index (χ1v) is 11.8. The van der Waals surface area contributed by atoms with Gasteiger partial charge in [-0.1, -0.05) is 6.07 Å². The molecule has 2 aromatic rings. The van der Waals surface area contributed by atoms with E-state index >= 15 is 0 Å². The van der Waals surface area contributed by atoms with Gasteiger partial charge in [0, 0.05) is 61.2 Å². The van der Waals surface area contributed by atoms with Crippen LogP contribution in [0.1, 0.15) is 39.5 Å². The number of aromatic nitrogens is 1. The Bertz CT molecular complexity index is 876. The molecule has 6 nitrogen and oxygen atoms in total. The zero-order valence-corrected chi connectivity index (χ0v) is 18.7. The van der Waals surface area contributed by atoms with Crippen LogP contribution in [0.2, 0.25) is 0 Å². The average molecular weight is 430 g/mol. The molecule has 0 aromatic carbocycles. The van der Waals surface area contributed by atoms with Crippen LogP contribution in [0.15, 0.2) is 23.6 Å². The molecule has 0 saturated carbocycles. The van der Waals surface area contributed by atoms with Gasteiger partial charge in [-0.25, -0.2) is 0 Å². The maximum Gasteiger partial charge on any atom is 0.251 e. The second-order valence-corrected chi connectivity index (χ2v) is 9.32. The van der Waals surface area contributed by atoms with Gasteiger partial charge < -0.3 is 14.2 Å². The minimum atomic E-state index is -0.252. The Hall–Kier alpha value is -1.96. The van der Waals surface area contributed by atoms with Crippen LogP contribution in [0.25, 0.3) is 0 Å². The summed E-state index contributed by atoms with van der Waals surface area (Å²) >= 11 is 1.78. The van der Waals surface area contributed by atoms with Crippen molar-refractivity contribution in [3.05, 3.63) is 45.4 Å². The molecule has 1 amide bonds. The van der Waals surface area contributed by atoms with Crippen molar-refractivity contribution in [3.63, 3.8) is 0 Å². The molecule has 0 radical (unpaired) electrons. The zero-order valence-electron chi connectivity index (χ0n) is 17.9. The van der Waals surface area contributed by atoms with Crippen molar-refractivity contribution in [1.82, 2.24) is 14.4 Å². The van der Waals surface area contributed by atoms with Crippen molar-refractivity contribution in [1.29, 1.82) is 0 Å². The number of carbonyl (C=O) groups is 2. The Morgan fingerprint density at radius 1 is 1.20 bits per heavy atom. The number of carbonyl (C=O) groups excluding carboxylic acids is 2. The first-order chi connectivity index (χ1) is 14.5. The Kier molecular flexibility index (Phi) is 6.71. The zero-order chi connectivity index (χ0) is 21.1. The highest BCUT2D eigenvalue weighted by Gasteiger charge is 2.31. The number of thiophene rings is 1. The molecule has 2 saturated heterocycles. The number of aryl methyl sites for hydroxylation is 2. The normalized spacial score (nSPS) is 20.1. The summed E-state index contributed by atoms with van der Waals surface area (Å²) in [5, 5.41) is 2.10. The van der Waals surface area contributed by atoms with Crippen molar-refractivity contribution in [2.24, 2.45) is 0 Å². The Balaban J connectivity index is 1.31. The number of hydrogen-bond donors (Lipinski definition) is 0. The number of nitrogens with zero attached hydrogens (tertiary/aromatic N) is 3. The number of hydrogen-bond acceptors (Lipinski definition) is 5. The summed E-state index contributed by atoms with van der Waals surface area (Å²) in [5.74, 6) is 0.289. The van der Waals surface area contributed by atoms with E-state index in [-0.39, 0.29) is 17.8 Å². The standard InChI is InChI=1S/C23H31N3O3S/c1-17-15-20(18(2)26(17)8-7-19-5-4-14-30-19)21(27)16-24-9-11-25(12-10-24)23(28)22-6-3-13-29-22/h4-5,14-15,22H,3,6-13,16H2,1-2H3. The highest BCUT2D eigenvalue weighted by molar-refractivity contribution is 7.09. The lowest BCUT2D eigenvalue weighted by Gasteiger charge is -2.35.